The number of halogens is 1. The molecule has 0 saturated heterocycles. The monoisotopic (exact) mass is 204 g/mol. The SMILES string of the molecule is Nc1ccc(Nc2ncccn2)cc1F. The van der Waals surface area contributed by atoms with Crippen molar-refractivity contribution in [1.29, 1.82) is 0 Å². The summed E-state index contributed by atoms with van der Waals surface area (Å²) in [4.78, 5) is 7.90. The fraction of sp³-hybridized carbons (Fsp3) is 0. The van der Waals surface area contributed by atoms with Gasteiger partial charge in [0.1, 0.15) is 5.82 Å². The number of anilines is 3. The quantitative estimate of drug-likeness (QED) is 0.734. The lowest BCUT2D eigenvalue weighted by Gasteiger charge is -2.04. The zero-order chi connectivity index (χ0) is 10.7. The molecule has 0 aliphatic rings. The molecular formula is C10H9FN4. The normalized spacial score (nSPS) is 9.93. The van der Waals surface area contributed by atoms with Crippen LogP contribution in [-0.4, -0.2) is 9.97 Å². The Kier molecular flexibility index (Phi) is 2.45. The van der Waals surface area contributed by atoms with Crippen LogP contribution in [0.4, 0.5) is 21.7 Å². The van der Waals surface area contributed by atoms with Gasteiger partial charge in [-0.1, -0.05) is 0 Å². The second-order valence-electron chi connectivity index (χ2n) is 2.93. The zero-order valence-corrected chi connectivity index (χ0v) is 7.81. The number of aromatic nitrogens is 2. The molecule has 5 heteroatoms. The van der Waals surface area contributed by atoms with Crippen molar-refractivity contribution in [1.82, 2.24) is 9.97 Å². The van der Waals surface area contributed by atoms with Crippen molar-refractivity contribution in [3.05, 3.63) is 42.5 Å². The van der Waals surface area contributed by atoms with Gasteiger partial charge in [-0.3, -0.25) is 0 Å². The molecule has 0 saturated carbocycles. The van der Waals surface area contributed by atoms with Crippen molar-refractivity contribution >= 4 is 17.3 Å². The third-order valence-electron chi connectivity index (χ3n) is 1.82. The molecule has 15 heavy (non-hydrogen) atoms. The molecule has 0 amide bonds. The molecule has 76 valence electrons. The third kappa shape index (κ3) is 2.19. The zero-order valence-electron chi connectivity index (χ0n) is 7.81. The Bertz CT molecular complexity index is 458. The molecule has 0 radical (unpaired) electrons. The minimum absolute atomic E-state index is 0.120. The van der Waals surface area contributed by atoms with Crippen LogP contribution in [-0.2, 0) is 0 Å². The van der Waals surface area contributed by atoms with Crippen LogP contribution in [0.25, 0.3) is 0 Å². The molecule has 4 nitrogen and oxygen atoms in total. The number of benzene rings is 1. The Balaban J connectivity index is 2.22. The first kappa shape index (κ1) is 9.39. The Hall–Kier alpha value is -2.17. The average molecular weight is 204 g/mol. The summed E-state index contributed by atoms with van der Waals surface area (Å²) in [7, 11) is 0. The third-order valence-corrected chi connectivity index (χ3v) is 1.82. The van der Waals surface area contributed by atoms with Crippen molar-refractivity contribution in [2.45, 2.75) is 0 Å². The largest absolute Gasteiger partial charge is 0.396 e. The van der Waals surface area contributed by atoms with Crippen molar-refractivity contribution in [3.8, 4) is 0 Å². The van der Waals surface area contributed by atoms with Gasteiger partial charge < -0.3 is 11.1 Å². The number of nitrogen functional groups attached to an aromatic ring is 1. The van der Waals surface area contributed by atoms with Crippen LogP contribution in [0.5, 0.6) is 0 Å². The van der Waals surface area contributed by atoms with Gasteiger partial charge in [0.15, 0.2) is 0 Å². The molecule has 0 atom stereocenters. The Morgan fingerprint density at radius 3 is 2.60 bits per heavy atom. The number of nitrogens with two attached hydrogens (primary N) is 1. The topological polar surface area (TPSA) is 63.8 Å². The molecule has 0 unspecified atom stereocenters. The van der Waals surface area contributed by atoms with E-state index in [9.17, 15) is 4.39 Å². The molecule has 0 fully saturated rings. The number of nitrogens with zero attached hydrogens (tertiary/aromatic N) is 2. The summed E-state index contributed by atoms with van der Waals surface area (Å²) in [6, 6.07) is 6.15. The highest BCUT2D eigenvalue weighted by atomic mass is 19.1. The molecule has 0 bridgehead atoms. The van der Waals surface area contributed by atoms with Crippen LogP contribution in [0.1, 0.15) is 0 Å². The van der Waals surface area contributed by atoms with E-state index in [4.69, 9.17) is 5.73 Å². The Morgan fingerprint density at radius 1 is 1.20 bits per heavy atom. The maximum atomic E-state index is 13.1. The van der Waals surface area contributed by atoms with Gasteiger partial charge >= 0.3 is 0 Å². The smallest absolute Gasteiger partial charge is 0.227 e. The molecule has 2 aromatic rings. The van der Waals surface area contributed by atoms with Crippen LogP contribution in [0.3, 0.4) is 0 Å². The second kappa shape index (κ2) is 3.91. The van der Waals surface area contributed by atoms with Gasteiger partial charge in [0.2, 0.25) is 5.95 Å². The van der Waals surface area contributed by atoms with E-state index >= 15 is 0 Å². The van der Waals surface area contributed by atoms with E-state index in [1.165, 1.54) is 12.1 Å². The summed E-state index contributed by atoms with van der Waals surface area (Å²) in [6.45, 7) is 0. The molecule has 0 aliphatic carbocycles. The fourth-order valence-electron chi connectivity index (χ4n) is 1.10. The maximum absolute atomic E-state index is 13.1. The van der Waals surface area contributed by atoms with Crippen LogP contribution in [0, 0.1) is 5.82 Å². The van der Waals surface area contributed by atoms with Gasteiger partial charge in [0.25, 0.3) is 0 Å². The molecular weight excluding hydrogens is 195 g/mol. The molecule has 1 aromatic heterocycles. The van der Waals surface area contributed by atoms with Gasteiger partial charge in [-0.15, -0.1) is 0 Å². The maximum Gasteiger partial charge on any atom is 0.227 e. The van der Waals surface area contributed by atoms with Crippen molar-refractivity contribution < 1.29 is 4.39 Å². The highest BCUT2D eigenvalue weighted by molar-refractivity contribution is 5.57. The molecule has 3 N–H and O–H groups in total. The number of nitrogens with one attached hydrogen (secondary N) is 1. The summed E-state index contributed by atoms with van der Waals surface area (Å²) >= 11 is 0. The lowest BCUT2D eigenvalue weighted by molar-refractivity contribution is 0.633. The van der Waals surface area contributed by atoms with Crippen LogP contribution in [0.2, 0.25) is 0 Å². The lowest BCUT2D eigenvalue weighted by atomic mass is 10.3. The summed E-state index contributed by atoms with van der Waals surface area (Å²) in [5.41, 5.74) is 6.03. The second-order valence-corrected chi connectivity index (χ2v) is 2.93. The molecule has 0 aliphatic heterocycles. The molecule has 0 spiro atoms. The Morgan fingerprint density at radius 2 is 1.93 bits per heavy atom. The van der Waals surface area contributed by atoms with Crippen LogP contribution < -0.4 is 11.1 Å². The summed E-state index contributed by atoms with van der Waals surface area (Å²) in [6.07, 6.45) is 3.20. The van der Waals surface area contributed by atoms with Gasteiger partial charge in [-0.25, -0.2) is 14.4 Å². The van der Waals surface area contributed by atoms with E-state index in [0.29, 0.717) is 11.6 Å². The van der Waals surface area contributed by atoms with Gasteiger partial charge in [0, 0.05) is 18.1 Å². The van der Waals surface area contributed by atoms with Crippen molar-refractivity contribution in [2.75, 3.05) is 11.1 Å². The lowest BCUT2D eigenvalue weighted by Crippen LogP contribution is -1.97. The fourth-order valence-corrected chi connectivity index (χ4v) is 1.10. The number of hydrogen-bond acceptors (Lipinski definition) is 4. The van der Waals surface area contributed by atoms with Crippen molar-refractivity contribution in [3.63, 3.8) is 0 Å². The summed E-state index contributed by atoms with van der Waals surface area (Å²) < 4.78 is 13.1. The molecule has 2 rings (SSSR count). The molecule has 1 aromatic carbocycles. The van der Waals surface area contributed by atoms with Gasteiger partial charge in [0.05, 0.1) is 5.69 Å². The highest BCUT2D eigenvalue weighted by Crippen LogP contribution is 2.17. The number of hydrogen-bond donors (Lipinski definition) is 2. The molecule has 1 heterocycles. The predicted molar refractivity (Wildman–Crippen MR) is 56.1 cm³/mol. The van der Waals surface area contributed by atoms with Gasteiger partial charge in [-0.05, 0) is 24.3 Å². The first-order valence-corrected chi connectivity index (χ1v) is 4.35. The predicted octanol–water partition coefficient (Wildman–Crippen LogP) is 1.94. The van der Waals surface area contributed by atoms with E-state index in [0.717, 1.165) is 0 Å². The number of rotatable bonds is 2. The average Bonchev–Trinajstić information content (AvgIpc) is 2.25. The minimum Gasteiger partial charge on any atom is -0.396 e. The Labute approximate surface area is 86.0 Å². The van der Waals surface area contributed by atoms with Crippen molar-refractivity contribution in [2.24, 2.45) is 0 Å². The van der Waals surface area contributed by atoms with E-state index < -0.39 is 5.82 Å². The van der Waals surface area contributed by atoms with E-state index in [1.807, 2.05) is 0 Å². The summed E-state index contributed by atoms with van der Waals surface area (Å²) in [5, 5.41) is 2.85. The first-order chi connectivity index (χ1) is 7.25. The highest BCUT2D eigenvalue weighted by Gasteiger charge is 2.00. The van der Waals surface area contributed by atoms with Crippen LogP contribution in [0.15, 0.2) is 36.7 Å². The minimum atomic E-state index is -0.462. The van der Waals surface area contributed by atoms with E-state index in [1.54, 1.807) is 24.5 Å². The first-order valence-electron chi connectivity index (χ1n) is 4.35. The summed E-state index contributed by atoms with van der Waals surface area (Å²) in [5.74, 6) is -0.0439. The van der Waals surface area contributed by atoms with E-state index in [2.05, 4.69) is 15.3 Å². The van der Waals surface area contributed by atoms with Gasteiger partial charge in [-0.2, -0.15) is 0 Å². The standard InChI is InChI=1S/C10H9FN4/c11-8-6-7(2-3-9(8)12)15-10-13-4-1-5-14-10/h1-6H,12H2,(H,13,14,15). The van der Waals surface area contributed by atoms with E-state index in [-0.39, 0.29) is 5.69 Å². The van der Waals surface area contributed by atoms with Crippen LogP contribution >= 0.6 is 0 Å².